The van der Waals surface area contributed by atoms with Crippen molar-refractivity contribution in [2.75, 3.05) is 20.6 Å². The number of halogens is 1. The lowest BCUT2D eigenvalue weighted by Crippen LogP contribution is -2.32. The van der Waals surface area contributed by atoms with Crippen molar-refractivity contribution in [2.45, 2.75) is 12.6 Å². The van der Waals surface area contributed by atoms with Crippen molar-refractivity contribution in [3.63, 3.8) is 0 Å². The molecule has 19 heavy (non-hydrogen) atoms. The van der Waals surface area contributed by atoms with Crippen LogP contribution >= 0.6 is 11.6 Å². The van der Waals surface area contributed by atoms with Gasteiger partial charge in [-0.15, -0.1) is 0 Å². The van der Waals surface area contributed by atoms with Crippen LogP contribution in [0.5, 0.6) is 0 Å². The molecule has 104 valence electrons. The molecule has 0 saturated carbocycles. The first-order valence-electron chi connectivity index (χ1n) is 5.80. The topological polar surface area (TPSA) is 101 Å². The van der Waals surface area contributed by atoms with Gasteiger partial charge in [-0.25, -0.2) is 10.4 Å². The molecule has 1 atom stereocenters. The Morgan fingerprint density at radius 2 is 2.37 bits per heavy atom. The van der Waals surface area contributed by atoms with Crippen LogP contribution in [0, 0.1) is 0 Å². The van der Waals surface area contributed by atoms with E-state index < -0.39 is 0 Å². The normalized spacial score (nSPS) is 13.1. The lowest BCUT2D eigenvalue weighted by molar-refractivity contribution is 0.365. The summed E-state index contributed by atoms with van der Waals surface area (Å²) in [7, 11) is 4.00. The smallest absolute Gasteiger partial charge is 0.148 e. The standard InChI is InChI=1S/C10H17ClN8/c1-18(2)3-4-19-9(7(11)5-15-19)8(16-12)10-13-6-14-17-10/h5-6,8,16H,3-4,12H2,1-2H3,(H,13,14,17). The molecular formula is C10H17ClN8. The Hall–Kier alpha value is -1.48. The van der Waals surface area contributed by atoms with Crippen molar-refractivity contribution in [1.82, 2.24) is 35.3 Å². The van der Waals surface area contributed by atoms with Gasteiger partial charge in [0.15, 0.2) is 0 Å². The van der Waals surface area contributed by atoms with E-state index in [1.165, 1.54) is 6.33 Å². The molecule has 0 aliphatic rings. The summed E-state index contributed by atoms with van der Waals surface area (Å²) >= 11 is 6.20. The average molecular weight is 285 g/mol. The SMILES string of the molecule is CN(C)CCn1ncc(Cl)c1C(NN)c1ncn[nH]1. The summed E-state index contributed by atoms with van der Waals surface area (Å²) in [6.45, 7) is 1.56. The van der Waals surface area contributed by atoms with E-state index in [9.17, 15) is 0 Å². The van der Waals surface area contributed by atoms with Crippen LogP contribution in [0.1, 0.15) is 17.6 Å². The third-order valence-electron chi connectivity index (χ3n) is 2.74. The molecule has 2 aromatic rings. The van der Waals surface area contributed by atoms with E-state index in [-0.39, 0.29) is 6.04 Å². The molecular weight excluding hydrogens is 268 g/mol. The predicted octanol–water partition coefficient (Wildman–Crippen LogP) is -0.231. The van der Waals surface area contributed by atoms with Crippen LogP contribution < -0.4 is 11.3 Å². The van der Waals surface area contributed by atoms with Gasteiger partial charge < -0.3 is 4.90 Å². The van der Waals surface area contributed by atoms with Crippen molar-refractivity contribution in [2.24, 2.45) is 5.84 Å². The van der Waals surface area contributed by atoms with Crippen LogP contribution in [0.2, 0.25) is 5.02 Å². The highest BCUT2D eigenvalue weighted by Crippen LogP contribution is 2.25. The Balaban J connectivity index is 2.29. The van der Waals surface area contributed by atoms with Crippen LogP contribution in [-0.2, 0) is 6.54 Å². The fraction of sp³-hybridized carbons (Fsp3) is 0.500. The van der Waals surface area contributed by atoms with E-state index >= 15 is 0 Å². The highest BCUT2D eigenvalue weighted by atomic mass is 35.5. The number of rotatable bonds is 6. The highest BCUT2D eigenvalue weighted by molar-refractivity contribution is 6.31. The van der Waals surface area contributed by atoms with Crippen molar-refractivity contribution >= 4 is 11.6 Å². The number of nitrogens with two attached hydrogens (primary N) is 1. The van der Waals surface area contributed by atoms with Crippen LogP contribution in [0.15, 0.2) is 12.5 Å². The first-order valence-corrected chi connectivity index (χ1v) is 6.18. The lowest BCUT2D eigenvalue weighted by atomic mass is 10.2. The van der Waals surface area contributed by atoms with Gasteiger partial charge in [-0.2, -0.15) is 10.2 Å². The molecule has 2 rings (SSSR count). The molecule has 1 unspecified atom stereocenters. The molecule has 8 nitrogen and oxygen atoms in total. The molecule has 0 aliphatic carbocycles. The first kappa shape index (κ1) is 13.9. The van der Waals surface area contributed by atoms with Crippen LogP contribution in [0.25, 0.3) is 0 Å². The predicted molar refractivity (Wildman–Crippen MR) is 71.3 cm³/mol. The van der Waals surface area contributed by atoms with Crippen molar-refractivity contribution in [1.29, 1.82) is 0 Å². The summed E-state index contributed by atoms with van der Waals surface area (Å²) in [6.07, 6.45) is 3.03. The number of hydrazine groups is 1. The molecule has 0 spiro atoms. The summed E-state index contributed by atoms with van der Waals surface area (Å²) in [5.74, 6) is 6.19. The minimum absolute atomic E-state index is 0.375. The fourth-order valence-corrected chi connectivity index (χ4v) is 2.02. The number of nitrogens with one attached hydrogen (secondary N) is 2. The van der Waals surface area contributed by atoms with Gasteiger partial charge in [0.05, 0.1) is 23.5 Å². The zero-order valence-electron chi connectivity index (χ0n) is 10.8. The van der Waals surface area contributed by atoms with Gasteiger partial charge >= 0.3 is 0 Å². The maximum atomic E-state index is 6.20. The minimum atomic E-state index is -0.375. The van der Waals surface area contributed by atoms with Crippen LogP contribution in [0.3, 0.4) is 0 Å². The molecule has 0 aliphatic heterocycles. The summed E-state index contributed by atoms with van der Waals surface area (Å²) < 4.78 is 1.81. The van der Waals surface area contributed by atoms with Crippen molar-refractivity contribution in [3.05, 3.63) is 29.1 Å². The second-order valence-electron chi connectivity index (χ2n) is 4.37. The van der Waals surface area contributed by atoms with Gasteiger partial charge in [-0.05, 0) is 14.1 Å². The van der Waals surface area contributed by atoms with Gasteiger partial charge in [0.1, 0.15) is 18.2 Å². The van der Waals surface area contributed by atoms with Gasteiger partial charge in [0.2, 0.25) is 0 Å². The van der Waals surface area contributed by atoms with Crippen LogP contribution in [-0.4, -0.2) is 50.5 Å². The molecule has 2 aromatic heterocycles. The van der Waals surface area contributed by atoms with E-state index in [0.29, 0.717) is 17.4 Å². The van der Waals surface area contributed by atoms with Gasteiger partial charge in [0.25, 0.3) is 0 Å². The van der Waals surface area contributed by atoms with Crippen LogP contribution in [0.4, 0.5) is 0 Å². The Morgan fingerprint density at radius 1 is 1.58 bits per heavy atom. The van der Waals surface area contributed by atoms with E-state index in [0.717, 1.165) is 12.2 Å². The Bertz CT molecular complexity index is 506. The number of hydrogen-bond acceptors (Lipinski definition) is 6. The summed E-state index contributed by atoms with van der Waals surface area (Å²) in [5.41, 5.74) is 3.45. The van der Waals surface area contributed by atoms with E-state index in [2.05, 4.69) is 30.6 Å². The van der Waals surface area contributed by atoms with E-state index in [4.69, 9.17) is 17.4 Å². The molecule has 4 N–H and O–H groups in total. The molecule has 0 fully saturated rings. The third kappa shape index (κ3) is 3.10. The molecule has 0 bridgehead atoms. The molecule has 9 heteroatoms. The summed E-state index contributed by atoms with van der Waals surface area (Å²) in [4.78, 5) is 6.17. The second kappa shape index (κ2) is 6.11. The highest BCUT2D eigenvalue weighted by Gasteiger charge is 2.23. The van der Waals surface area contributed by atoms with E-state index in [1.54, 1.807) is 6.20 Å². The number of likely N-dealkylation sites (N-methyl/N-ethyl adjacent to an activating group) is 1. The summed E-state index contributed by atoms with van der Waals surface area (Å²) in [6, 6.07) is -0.375. The van der Waals surface area contributed by atoms with Gasteiger partial charge in [0, 0.05) is 6.54 Å². The number of hydrogen-bond donors (Lipinski definition) is 3. The quantitative estimate of drug-likeness (QED) is 0.500. The van der Waals surface area contributed by atoms with Crippen molar-refractivity contribution in [3.8, 4) is 0 Å². The Labute approximate surface area is 115 Å². The molecule has 0 amide bonds. The first-order chi connectivity index (χ1) is 9.13. The molecule has 0 aromatic carbocycles. The number of aromatic nitrogens is 5. The zero-order valence-corrected chi connectivity index (χ0v) is 11.6. The molecule has 0 radical (unpaired) electrons. The Morgan fingerprint density at radius 3 is 2.95 bits per heavy atom. The average Bonchev–Trinajstić information content (AvgIpc) is 3.00. The fourth-order valence-electron chi connectivity index (χ4n) is 1.77. The monoisotopic (exact) mass is 284 g/mol. The second-order valence-corrected chi connectivity index (χ2v) is 4.78. The van der Waals surface area contributed by atoms with E-state index in [1.807, 2.05) is 18.8 Å². The number of aromatic amines is 1. The minimum Gasteiger partial charge on any atom is -0.308 e. The number of H-pyrrole nitrogens is 1. The Kier molecular flexibility index (Phi) is 4.48. The maximum absolute atomic E-state index is 6.20. The van der Waals surface area contributed by atoms with Crippen molar-refractivity contribution < 1.29 is 0 Å². The summed E-state index contributed by atoms with van der Waals surface area (Å²) in [5, 5.41) is 11.4. The third-order valence-corrected chi connectivity index (χ3v) is 3.03. The molecule has 2 heterocycles. The number of nitrogens with zero attached hydrogens (tertiary/aromatic N) is 5. The largest absolute Gasteiger partial charge is 0.308 e. The molecule has 0 saturated heterocycles. The van der Waals surface area contributed by atoms with Gasteiger partial charge in [-0.1, -0.05) is 11.6 Å². The van der Waals surface area contributed by atoms with Gasteiger partial charge in [-0.3, -0.25) is 15.6 Å². The zero-order chi connectivity index (χ0) is 13.8. The maximum Gasteiger partial charge on any atom is 0.148 e. The lowest BCUT2D eigenvalue weighted by Gasteiger charge is -2.17.